The van der Waals surface area contributed by atoms with Crippen molar-refractivity contribution in [3.05, 3.63) is 81.5 Å². The number of fused-ring (bicyclic) bond motifs is 3. The van der Waals surface area contributed by atoms with Gasteiger partial charge in [0.05, 0.1) is 19.2 Å². The van der Waals surface area contributed by atoms with E-state index >= 15 is 0 Å². The van der Waals surface area contributed by atoms with Crippen LogP contribution < -0.4 is 4.74 Å². The Bertz CT molecular complexity index is 1830. The number of aliphatic carboxylic acids is 2. The summed E-state index contributed by atoms with van der Waals surface area (Å²) in [6, 6.07) is 11.0. The fourth-order valence-corrected chi connectivity index (χ4v) is 5.75. The number of methoxy groups -OCH3 is 1. The standard InChI is InChI=1S/C28H25FN4O5S.C2HF3O2/c1-14-15(2)39-28-25(14)26(30-22(12-24(36)37-4)27-32-31-16(3)33(27)28)18-7-5-17(6-8-18)20-10-9-19(11-21(20)29)38-13-23(34)35;3-2(4,5)1(6)7/h5-11,22H,12-13H2,1-4H3,(H,34,35);(H,6,7)/t22-;/m0./s1. The van der Waals surface area contributed by atoms with Gasteiger partial charge in [0.2, 0.25) is 0 Å². The number of carboxylic acids is 2. The summed E-state index contributed by atoms with van der Waals surface area (Å²) in [6.07, 6.45) is -5.08. The molecule has 11 nitrogen and oxygen atoms in total. The highest BCUT2D eigenvalue weighted by molar-refractivity contribution is 7.15. The molecule has 46 heavy (non-hydrogen) atoms. The number of alkyl halides is 3. The molecular weight excluding hydrogens is 636 g/mol. The molecule has 0 spiro atoms. The lowest BCUT2D eigenvalue weighted by atomic mass is 9.97. The summed E-state index contributed by atoms with van der Waals surface area (Å²) in [5, 5.41) is 25.5. The predicted molar refractivity (Wildman–Crippen MR) is 157 cm³/mol. The van der Waals surface area contributed by atoms with E-state index in [1.165, 1.54) is 19.2 Å². The molecule has 0 fully saturated rings. The van der Waals surface area contributed by atoms with Gasteiger partial charge in [-0.25, -0.2) is 14.0 Å². The minimum absolute atomic E-state index is 0.00466. The highest BCUT2D eigenvalue weighted by Crippen LogP contribution is 2.40. The van der Waals surface area contributed by atoms with Crippen molar-refractivity contribution in [3.63, 3.8) is 0 Å². The SMILES string of the molecule is COC(=O)C[C@@H]1N=C(c2ccc(-c3ccc(OCC(=O)O)cc3F)cc2)c2c(sc(C)c2C)-n2c(C)nnc21.O=C(O)C(F)(F)F. The zero-order valence-electron chi connectivity index (χ0n) is 24.7. The van der Waals surface area contributed by atoms with Crippen molar-refractivity contribution in [2.45, 2.75) is 39.4 Å². The number of benzene rings is 2. The van der Waals surface area contributed by atoms with Gasteiger partial charge in [0.1, 0.15) is 28.4 Å². The number of aromatic nitrogens is 3. The molecule has 0 bridgehead atoms. The maximum Gasteiger partial charge on any atom is 0.490 e. The summed E-state index contributed by atoms with van der Waals surface area (Å²) in [6.45, 7) is 5.41. The van der Waals surface area contributed by atoms with Gasteiger partial charge in [-0.15, -0.1) is 21.5 Å². The van der Waals surface area contributed by atoms with Crippen LogP contribution in [-0.2, 0) is 19.1 Å². The average molecular weight is 663 g/mol. The average Bonchev–Trinajstić information content (AvgIpc) is 3.47. The van der Waals surface area contributed by atoms with E-state index in [0.717, 1.165) is 26.6 Å². The maximum atomic E-state index is 14.9. The van der Waals surface area contributed by atoms with Crippen LogP contribution in [0.2, 0.25) is 0 Å². The Kier molecular flexibility index (Phi) is 9.89. The molecule has 242 valence electrons. The quantitative estimate of drug-likeness (QED) is 0.190. The van der Waals surface area contributed by atoms with Gasteiger partial charge < -0.3 is 19.7 Å². The van der Waals surface area contributed by atoms with E-state index in [-0.39, 0.29) is 12.2 Å². The number of aliphatic imine (C=N–C) groups is 1. The Labute approximate surface area is 262 Å². The van der Waals surface area contributed by atoms with Gasteiger partial charge in [0.25, 0.3) is 0 Å². The largest absolute Gasteiger partial charge is 0.490 e. The summed E-state index contributed by atoms with van der Waals surface area (Å²) in [5.41, 5.74) is 4.49. The minimum atomic E-state index is -5.08. The Morgan fingerprint density at radius 3 is 2.20 bits per heavy atom. The van der Waals surface area contributed by atoms with Gasteiger partial charge >= 0.3 is 24.1 Å². The van der Waals surface area contributed by atoms with Crippen LogP contribution in [0, 0.1) is 26.6 Å². The van der Waals surface area contributed by atoms with Crippen molar-refractivity contribution in [2.24, 2.45) is 4.99 Å². The Morgan fingerprint density at radius 2 is 1.63 bits per heavy atom. The van der Waals surface area contributed by atoms with Crippen LogP contribution in [-0.4, -0.2) is 68.5 Å². The summed E-state index contributed by atoms with van der Waals surface area (Å²) < 4.78 is 58.6. The minimum Gasteiger partial charge on any atom is -0.482 e. The molecular formula is C30H26F4N4O7S. The zero-order valence-corrected chi connectivity index (χ0v) is 25.5. The second-order valence-corrected chi connectivity index (χ2v) is 11.1. The number of aryl methyl sites for hydroxylation is 2. The summed E-state index contributed by atoms with van der Waals surface area (Å²) >= 11 is 1.61. The van der Waals surface area contributed by atoms with Crippen molar-refractivity contribution >= 4 is 35.0 Å². The second kappa shape index (κ2) is 13.5. The van der Waals surface area contributed by atoms with Crippen LogP contribution in [0.15, 0.2) is 47.5 Å². The lowest BCUT2D eigenvalue weighted by Crippen LogP contribution is -2.21. The number of ether oxygens (including phenoxy) is 2. The number of thiophene rings is 1. The van der Waals surface area contributed by atoms with Crippen LogP contribution in [0.4, 0.5) is 17.6 Å². The summed E-state index contributed by atoms with van der Waals surface area (Å²) in [7, 11) is 1.34. The fraction of sp³-hybridized carbons (Fsp3) is 0.267. The first-order valence-corrected chi connectivity index (χ1v) is 14.2. The molecule has 0 saturated heterocycles. The maximum absolute atomic E-state index is 14.9. The number of halogens is 4. The highest BCUT2D eigenvalue weighted by Gasteiger charge is 2.38. The van der Waals surface area contributed by atoms with Crippen LogP contribution in [0.5, 0.6) is 5.75 Å². The second-order valence-electron chi connectivity index (χ2n) is 9.88. The molecule has 0 saturated carbocycles. The van der Waals surface area contributed by atoms with E-state index in [9.17, 15) is 27.2 Å². The van der Waals surface area contributed by atoms with Crippen molar-refractivity contribution in [1.82, 2.24) is 14.8 Å². The molecule has 0 radical (unpaired) electrons. The fourth-order valence-electron chi connectivity index (χ4n) is 4.54. The first-order valence-electron chi connectivity index (χ1n) is 13.3. The molecule has 5 rings (SSSR count). The van der Waals surface area contributed by atoms with Crippen molar-refractivity contribution in [1.29, 1.82) is 0 Å². The molecule has 2 N–H and O–H groups in total. The molecule has 16 heteroatoms. The van der Waals surface area contributed by atoms with Gasteiger partial charge in [-0.05, 0) is 44.0 Å². The number of rotatable bonds is 7. The lowest BCUT2D eigenvalue weighted by Gasteiger charge is -2.12. The van der Waals surface area contributed by atoms with E-state index in [1.807, 2.05) is 37.5 Å². The molecule has 1 aliphatic rings. The van der Waals surface area contributed by atoms with Gasteiger partial charge in [-0.2, -0.15) is 13.2 Å². The van der Waals surface area contributed by atoms with E-state index in [4.69, 9.17) is 29.5 Å². The molecule has 4 aromatic rings. The number of carbonyl (C=O) groups is 3. The number of hydrogen-bond acceptors (Lipinski definition) is 9. The summed E-state index contributed by atoms with van der Waals surface area (Å²) in [5.74, 6) is -3.44. The monoisotopic (exact) mass is 662 g/mol. The molecule has 1 atom stereocenters. The van der Waals surface area contributed by atoms with Crippen LogP contribution in [0.1, 0.15) is 45.7 Å². The third-order valence-corrected chi connectivity index (χ3v) is 8.03. The molecule has 3 heterocycles. The van der Waals surface area contributed by atoms with Crippen LogP contribution in [0.25, 0.3) is 16.1 Å². The van der Waals surface area contributed by atoms with Gasteiger partial charge in [0.15, 0.2) is 12.4 Å². The topological polar surface area (TPSA) is 153 Å². The van der Waals surface area contributed by atoms with Crippen molar-refractivity contribution in [2.75, 3.05) is 13.7 Å². The molecule has 1 aliphatic heterocycles. The van der Waals surface area contributed by atoms with E-state index in [0.29, 0.717) is 28.5 Å². The number of esters is 1. The number of hydrogen-bond donors (Lipinski definition) is 2. The third-order valence-electron chi connectivity index (χ3n) is 6.84. The van der Waals surface area contributed by atoms with Crippen molar-refractivity contribution in [3.8, 4) is 21.9 Å². The molecule has 0 aliphatic carbocycles. The Balaban J connectivity index is 0.000000617. The first-order chi connectivity index (χ1) is 21.6. The van der Waals surface area contributed by atoms with Gasteiger partial charge in [-0.3, -0.25) is 14.4 Å². The molecule has 2 aromatic heterocycles. The first kappa shape index (κ1) is 33.8. The van der Waals surface area contributed by atoms with Gasteiger partial charge in [0, 0.05) is 27.6 Å². The normalized spacial score (nSPS) is 13.7. The number of carboxylic acid groups (broad SMARTS) is 2. The Morgan fingerprint density at radius 1 is 1.00 bits per heavy atom. The number of carbonyl (C=O) groups excluding carboxylic acids is 1. The molecule has 0 unspecified atom stereocenters. The predicted octanol–water partition coefficient (Wildman–Crippen LogP) is 5.61. The van der Waals surface area contributed by atoms with Gasteiger partial charge in [-0.1, -0.05) is 24.3 Å². The smallest absolute Gasteiger partial charge is 0.482 e. The van der Waals surface area contributed by atoms with Crippen LogP contribution in [0.3, 0.4) is 0 Å². The van der Waals surface area contributed by atoms with E-state index < -0.39 is 42.6 Å². The molecule has 2 aromatic carbocycles. The Hall–Kier alpha value is -5.12. The third kappa shape index (κ3) is 7.22. The highest BCUT2D eigenvalue weighted by atomic mass is 32.1. The summed E-state index contributed by atoms with van der Waals surface area (Å²) in [4.78, 5) is 38.1. The molecule has 0 amide bonds. The van der Waals surface area contributed by atoms with Crippen LogP contribution >= 0.6 is 11.3 Å². The zero-order chi connectivity index (χ0) is 33.9. The van der Waals surface area contributed by atoms with E-state index in [2.05, 4.69) is 10.2 Å². The van der Waals surface area contributed by atoms with Crippen molar-refractivity contribution < 1.29 is 51.6 Å². The number of nitrogens with zero attached hydrogens (tertiary/aromatic N) is 4. The lowest BCUT2D eigenvalue weighted by molar-refractivity contribution is -0.192. The van der Waals surface area contributed by atoms with E-state index in [1.54, 1.807) is 29.5 Å².